The lowest BCUT2D eigenvalue weighted by molar-refractivity contribution is 0.239. The highest BCUT2D eigenvalue weighted by Crippen LogP contribution is 2.27. The van der Waals surface area contributed by atoms with Gasteiger partial charge in [0.05, 0.1) is 11.8 Å². The van der Waals surface area contributed by atoms with E-state index in [1.54, 1.807) is 0 Å². The lowest BCUT2D eigenvalue weighted by Crippen LogP contribution is -2.33. The molecule has 1 aromatic heterocycles. The maximum absolute atomic E-state index is 5.33. The first-order chi connectivity index (χ1) is 7.81. The Labute approximate surface area is 101 Å². The zero-order valence-corrected chi connectivity index (χ0v) is 10.7. The van der Waals surface area contributed by atoms with Gasteiger partial charge in [-0.1, -0.05) is 19.0 Å². The average molecular weight is 241 g/mol. The molecule has 1 aromatic rings. The molecule has 90 valence electrons. The molecule has 1 aliphatic heterocycles. The molecule has 2 atom stereocenters. The standard InChI is InChI=1S/C11H19N3OS/c1-3-16-7-9-13-11(15-14-9)10-8(2)5-4-6-12-10/h8,10,12H,3-7H2,1-2H3. The summed E-state index contributed by atoms with van der Waals surface area (Å²) in [5.74, 6) is 4.10. The number of nitrogens with one attached hydrogen (secondary N) is 1. The quantitative estimate of drug-likeness (QED) is 0.877. The van der Waals surface area contributed by atoms with Gasteiger partial charge in [-0.2, -0.15) is 16.7 Å². The van der Waals surface area contributed by atoms with Crippen LogP contribution in [0.4, 0.5) is 0 Å². The van der Waals surface area contributed by atoms with Crippen molar-refractivity contribution in [2.24, 2.45) is 5.92 Å². The molecule has 0 bridgehead atoms. The minimum atomic E-state index is 0.252. The molecule has 0 aliphatic carbocycles. The highest BCUT2D eigenvalue weighted by Gasteiger charge is 2.27. The molecule has 0 radical (unpaired) electrons. The third-order valence-corrected chi connectivity index (χ3v) is 3.83. The molecule has 1 saturated heterocycles. The Hall–Kier alpha value is -0.550. The third kappa shape index (κ3) is 2.77. The fourth-order valence-electron chi connectivity index (χ4n) is 2.03. The van der Waals surface area contributed by atoms with Crippen molar-refractivity contribution in [2.45, 2.75) is 38.5 Å². The van der Waals surface area contributed by atoms with Crippen molar-refractivity contribution >= 4 is 11.8 Å². The lowest BCUT2D eigenvalue weighted by Gasteiger charge is -2.26. The monoisotopic (exact) mass is 241 g/mol. The van der Waals surface area contributed by atoms with Crippen molar-refractivity contribution in [1.29, 1.82) is 0 Å². The largest absolute Gasteiger partial charge is 0.338 e. The number of nitrogens with zero attached hydrogens (tertiary/aromatic N) is 2. The van der Waals surface area contributed by atoms with Crippen molar-refractivity contribution in [2.75, 3.05) is 12.3 Å². The summed E-state index contributed by atoms with van der Waals surface area (Å²) in [4.78, 5) is 4.46. The predicted octanol–water partition coefficient (Wildman–Crippen LogP) is 2.38. The van der Waals surface area contributed by atoms with Crippen LogP contribution in [-0.2, 0) is 5.75 Å². The molecule has 2 unspecified atom stereocenters. The smallest absolute Gasteiger partial charge is 0.244 e. The number of rotatable bonds is 4. The van der Waals surface area contributed by atoms with Gasteiger partial charge in [0.15, 0.2) is 5.82 Å². The molecule has 1 fully saturated rings. The molecule has 1 N–H and O–H groups in total. The molecular formula is C11H19N3OS. The second-order valence-electron chi connectivity index (χ2n) is 4.24. The molecule has 0 spiro atoms. The molecule has 0 amide bonds. The summed E-state index contributed by atoms with van der Waals surface area (Å²) in [7, 11) is 0. The highest BCUT2D eigenvalue weighted by molar-refractivity contribution is 7.98. The third-order valence-electron chi connectivity index (χ3n) is 2.95. The molecule has 1 aliphatic rings. The zero-order chi connectivity index (χ0) is 11.4. The van der Waals surface area contributed by atoms with Crippen molar-refractivity contribution in [3.63, 3.8) is 0 Å². The number of thioether (sulfide) groups is 1. The van der Waals surface area contributed by atoms with E-state index in [2.05, 4.69) is 29.3 Å². The Morgan fingerprint density at radius 2 is 2.44 bits per heavy atom. The van der Waals surface area contributed by atoms with Crippen LogP contribution in [0.1, 0.15) is 44.4 Å². The number of hydrogen-bond acceptors (Lipinski definition) is 5. The minimum Gasteiger partial charge on any atom is -0.338 e. The van der Waals surface area contributed by atoms with Gasteiger partial charge >= 0.3 is 0 Å². The molecule has 2 heterocycles. The zero-order valence-electron chi connectivity index (χ0n) is 9.90. The molecule has 4 nitrogen and oxygen atoms in total. The topological polar surface area (TPSA) is 51.0 Å². The Balaban J connectivity index is 1.99. The van der Waals surface area contributed by atoms with E-state index >= 15 is 0 Å². The van der Waals surface area contributed by atoms with Crippen molar-refractivity contribution < 1.29 is 4.52 Å². The van der Waals surface area contributed by atoms with Crippen molar-refractivity contribution in [3.05, 3.63) is 11.7 Å². The summed E-state index contributed by atoms with van der Waals surface area (Å²) in [6.45, 7) is 5.42. The Morgan fingerprint density at radius 1 is 1.56 bits per heavy atom. The van der Waals surface area contributed by atoms with Crippen molar-refractivity contribution in [1.82, 2.24) is 15.5 Å². The van der Waals surface area contributed by atoms with E-state index in [0.29, 0.717) is 5.92 Å². The summed E-state index contributed by atoms with van der Waals surface area (Å²) in [5.41, 5.74) is 0. The van der Waals surface area contributed by atoms with Gasteiger partial charge in [0.25, 0.3) is 0 Å². The fraction of sp³-hybridized carbons (Fsp3) is 0.818. The summed E-state index contributed by atoms with van der Waals surface area (Å²) in [5, 5.41) is 7.47. The molecule has 16 heavy (non-hydrogen) atoms. The first-order valence-electron chi connectivity index (χ1n) is 5.95. The van der Waals surface area contributed by atoms with Gasteiger partial charge in [0.2, 0.25) is 5.89 Å². The Kier molecular flexibility index (Phi) is 4.23. The van der Waals surface area contributed by atoms with Crippen LogP contribution in [0.3, 0.4) is 0 Å². The van der Waals surface area contributed by atoms with E-state index in [-0.39, 0.29) is 6.04 Å². The summed E-state index contributed by atoms with van der Waals surface area (Å²) in [6.07, 6.45) is 2.48. The molecule has 0 saturated carbocycles. The van der Waals surface area contributed by atoms with Gasteiger partial charge in [-0.05, 0) is 31.1 Å². The minimum absolute atomic E-state index is 0.252. The van der Waals surface area contributed by atoms with Crippen LogP contribution >= 0.6 is 11.8 Å². The Bertz CT molecular complexity index is 329. The SMILES string of the molecule is CCSCc1noc(C2NCCCC2C)n1. The second-order valence-corrected chi connectivity index (χ2v) is 5.51. The first kappa shape index (κ1) is 11.9. The normalized spacial score (nSPS) is 25.9. The molecule has 2 rings (SSSR count). The number of aromatic nitrogens is 2. The van der Waals surface area contributed by atoms with Gasteiger partial charge < -0.3 is 9.84 Å². The maximum Gasteiger partial charge on any atom is 0.244 e. The fourth-order valence-corrected chi connectivity index (χ4v) is 2.53. The molecular weight excluding hydrogens is 222 g/mol. The van der Waals surface area contributed by atoms with Crippen LogP contribution in [0.5, 0.6) is 0 Å². The van der Waals surface area contributed by atoms with Crippen LogP contribution in [-0.4, -0.2) is 22.4 Å². The average Bonchev–Trinajstić information content (AvgIpc) is 2.75. The first-order valence-corrected chi connectivity index (χ1v) is 7.10. The van der Waals surface area contributed by atoms with Gasteiger partial charge in [-0.3, -0.25) is 0 Å². The second kappa shape index (κ2) is 5.68. The van der Waals surface area contributed by atoms with E-state index in [0.717, 1.165) is 29.8 Å². The van der Waals surface area contributed by atoms with Gasteiger partial charge in [0, 0.05) is 0 Å². The predicted molar refractivity (Wildman–Crippen MR) is 65.3 cm³/mol. The Morgan fingerprint density at radius 3 is 3.19 bits per heavy atom. The van der Waals surface area contributed by atoms with Gasteiger partial charge in [-0.15, -0.1) is 0 Å². The van der Waals surface area contributed by atoms with E-state index < -0.39 is 0 Å². The number of hydrogen-bond donors (Lipinski definition) is 1. The van der Waals surface area contributed by atoms with Crippen molar-refractivity contribution in [3.8, 4) is 0 Å². The summed E-state index contributed by atoms with van der Waals surface area (Å²) < 4.78 is 5.33. The summed E-state index contributed by atoms with van der Waals surface area (Å²) >= 11 is 1.82. The van der Waals surface area contributed by atoms with Crippen LogP contribution < -0.4 is 5.32 Å². The molecule has 0 aromatic carbocycles. The maximum atomic E-state index is 5.33. The van der Waals surface area contributed by atoms with Crippen LogP contribution in [0.25, 0.3) is 0 Å². The van der Waals surface area contributed by atoms with E-state index in [1.165, 1.54) is 12.8 Å². The van der Waals surface area contributed by atoms with E-state index in [4.69, 9.17) is 4.52 Å². The summed E-state index contributed by atoms with van der Waals surface area (Å²) in [6, 6.07) is 0.252. The van der Waals surface area contributed by atoms with Crippen LogP contribution in [0.2, 0.25) is 0 Å². The van der Waals surface area contributed by atoms with Crippen LogP contribution in [0, 0.1) is 5.92 Å². The lowest BCUT2D eigenvalue weighted by atomic mass is 9.93. The molecule has 5 heteroatoms. The van der Waals surface area contributed by atoms with E-state index in [1.807, 2.05) is 11.8 Å². The number of piperidine rings is 1. The van der Waals surface area contributed by atoms with E-state index in [9.17, 15) is 0 Å². The van der Waals surface area contributed by atoms with Gasteiger partial charge in [0.1, 0.15) is 0 Å². The van der Waals surface area contributed by atoms with Gasteiger partial charge in [-0.25, -0.2) is 0 Å². The van der Waals surface area contributed by atoms with Crippen LogP contribution in [0.15, 0.2) is 4.52 Å². The highest BCUT2D eigenvalue weighted by atomic mass is 32.2.